The Labute approximate surface area is 161 Å². The summed E-state index contributed by atoms with van der Waals surface area (Å²) < 4.78 is 29.6. The summed E-state index contributed by atoms with van der Waals surface area (Å²) in [4.78, 5) is 14.4. The van der Waals surface area contributed by atoms with Gasteiger partial charge in [-0.15, -0.1) is 4.40 Å². The molecule has 8 heteroatoms. The fourth-order valence-corrected chi connectivity index (χ4v) is 4.47. The quantitative estimate of drug-likeness (QED) is 0.785. The molecule has 1 heterocycles. The molecule has 2 aromatic carbocycles. The Bertz CT molecular complexity index is 1000. The number of rotatable bonds is 4. The lowest BCUT2D eigenvalue weighted by Crippen LogP contribution is -2.34. The number of sulfonamides is 1. The van der Waals surface area contributed by atoms with Crippen LogP contribution in [0.3, 0.4) is 0 Å². The van der Waals surface area contributed by atoms with Crippen LogP contribution in [0.25, 0.3) is 0 Å². The van der Waals surface area contributed by atoms with E-state index in [4.69, 9.17) is 0 Å². The highest BCUT2D eigenvalue weighted by Crippen LogP contribution is 2.32. The molecule has 0 saturated heterocycles. The van der Waals surface area contributed by atoms with Crippen LogP contribution in [0.5, 0.6) is 0 Å². The zero-order chi connectivity index (χ0) is 18.9. The fraction of sp³-hybridized carbons (Fsp3) is 0.222. The van der Waals surface area contributed by atoms with Crippen LogP contribution in [0.2, 0.25) is 0 Å². The second-order valence-corrected chi connectivity index (χ2v) is 8.40. The number of amidine groups is 1. The van der Waals surface area contributed by atoms with E-state index < -0.39 is 10.0 Å². The Morgan fingerprint density at radius 2 is 2.00 bits per heavy atom. The molecule has 26 heavy (non-hydrogen) atoms. The van der Waals surface area contributed by atoms with Gasteiger partial charge in [-0.05, 0) is 49.7 Å². The molecule has 1 aliphatic heterocycles. The van der Waals surface area contributed by atoms with Crippen LogP contribution in [-0.4, -0.2) is 26.7 Å². The number of halogens is 1. The Kier molecular flexibility index (Phi) is 5.15. The van der Waals surface area contributed by atoms with Crippen molar-refractivity contribution in [3.05, 3.63) is 52.5 Å². The number of amides is 1. The lowest BCUT2D eigenvalue weighted by atomic mass is 10.1. The molecule has 0 radical (unpaired) electrons. The number of carbonyl (C=O) groups is 1. The number of benzene rings is 2. The van der Waals surface area contributed by atoms with Crippen molar-refractivity contribution in [2.45, 2.75) is 25.2 Å². The largest absolute Gasteiger partial charge is 0.328 e. The van der Waals surface area contributed by atoms with Crippen molar-refractivity contribution in [1.29, 1.82) is 0 Å². The predicted molar refractivity (Wildman–Crippen MR) is 106 cm³/mol. The Morgan fingerprint density at radius 1 is 1.23 bits per heavy atom. The molecule has 136 valence electrons. The molecule has 1 aliphatic rings. The lowest BCUT2D eigenvalue weighted by Gasteiger charge is -2.29. The van der Waals surface area contributed by atoms with Gasteiger partial charge in [0.25, 0.3) is 15.9 Å². The molecule has 0 unspecified atom stereocenters. The first-order valence-corrected chi connectivity index (χ1v) is 10.3. The second kappa shape index (κ2) is 7.20. The standard InChI is InChI=1S/C18H18BrN3O3S/c1-3-9-22-12(2)21-26(24,25)17-10-13(7-8-16(17)22)18(23)20-15-6-4-5-14(19)11-15/h4-8,10-11H,3,9H2,1-2H3,(H,20,23). The van der Waals surface area contributed by atoms with Gasteiger partial charge in [-0.25, -0.2) is 0 Å². The average Bonchev–Trinajstić information content (AvgIpc) is 2.58. The van der Waals surface area contributed by atoms with Crippen molar-refractivity contribution < 1.29 is 13.2 Å². The van der Waals surface area contributed by atoms with Crippen LogP contribution in [0.4, 0.5) is 11.4 Å². The molecule has 6 nitrogen and oxygen atoms in total. The topological polar surface area (TPSA) is 78.8 Å². The molecule has 0 saturated carbocycles. The van der Waals surface area contributed by atoms with Crippen molar-refractivity contribution in [3.8, 4) is 0 Å². The van der Waals surface area contributed by atoms with E-state index in [1.807, 2.05) is 17.9 Å². The predicted octanol–water partition coefficient (Wildman–Crippen LogP) is 4.04. The van der Waals surface area contributed by atoms with E-state index in [2.05, 4.69) is 25.6 Å². The van der Waals surface area contributed by atoms with Gasteiger partial charge in [0.2, 0.25) is 0 Å². The normalized spacial score (nSPS) is 15.2. The van der Waals surface area contributed by atoms with Crippen molar-refractivity contribution in [3.63, 3.8) is 0 Å². The maximum Gasteiger partial charge on any atom is 0.286 e. The van der Waals surface area contributed by atoms with E-state index in [-0.39, 0.29) is 16.4 Å². The van der Waals surface area contributed by atoms with Crippen LogP contribution in [-0.2, 0) is 10.0 Å². The van der Waals surface area contributed by atoms with Crippen molar-refractivity contribution in [1.82, 2.24) is 0 Å². The lowest BCUT2D eigenvalue weighted by molar-refractivity contribution is 0.102. The van der Waals surface area contributed by atoms with E-state index in [0.29, 0.717) is 23.8 Å². The third-order valence-corrected chi connectivity index (χ3v) is 5.84. The third-order valence-electron chi connectivity index (χ3n) is 3.96. The Balaban J connectivity index is 1.97. The first-order chi connectivity index (χ1) is 12.3. The van der Waals surface area contributed by atoms with Crippen molar-refractivity contribution in [2.75, 3.05) is 16.8 Å². The van der Waals surface area contributed by atoms with Gasteiger partial charge in [-0.1, -0.05) is 28.9 Å². The Hall–Kier alpha value is -2.19. The number of fused-ring (bicyclic) bond motifs is 1. The highest BCUT2D eigenvalue weighted by atomic mass is 79.9. The van der Waals surface area contributed by atoms with Gasteiger partial charge in [0, 0.05) is 22.3 Å². The first-order valence-electron chi connectivity index (χ1n) is 8.12. The van der Waals surface area contributed by atoms with E-state index in [0.717, 1.165) is 10.9 Å². The monoisotopic (exact) mass is 435 g/mol. The number of nitrogens with zero attached hydrogens (tertiary/aromatic N) is 2. The molecule has 1 N–H and O–H groups in total. The minimum Gasteiger partial charge on any atom is -0.328 e. The van der Waals surface area contributed by atoms with Crippen LogP contribution in [0.1, 0.15) is 30.6 Å². The summed E-state index contributed by atoms with van der Waals surface area (Å²) in [6, 6.07) is 11.9. The third kappa shape index (κ3) is 3.66. The summed E-state index contributed by atoms with van der Waals surface area (Å²) in [6.45, 7) is 4.33. The van der Waals surface area contributed by atoms with Crippen LogP contribution in [0, 0.1) is 0 Å². The SMILES string of the molecule is CCCN1C(C)=NS(=O)(=O)c2cc(C(=O)Nc3cccc(Br)c3)ccc21. The maximum atomic E-state index is 12.5. The number of hydrogen-bond donors (Lipinski definition) is 1. The molecule has 2 aromatic rings. The van der Waals surface area contributed by atoms with Gasteiger partial charge in [-0.2, -0.15) is 8.42 Å². The maximum absolute atomic E-state index is 12.5. The van der Waals surface area contributed by atoms with Crippen LogP contribution in [0.15, 0.2) is 56.2 Å². The van der Waals surface area contributed by atoms with Gasteiger partial charge in [0.1, 0.15) is 10.7 Å². The van der Waals surface area contributed by atoms with E-state index in [1.54, 1.807) is 37.3 Å². The molecule has 0 spiro atoms. The van der Waals surface area contributed by atoms with E-state index in [9.17, 15) is 13.2 Å². The summed E-state index contributed by atoms with van der Waals surface area (Å²) in [5.41, 5.74) is 1.43. The summed E-state index contributed by atoms with van der Waals surface area (Å²) in [5.74, 6) is 0.0557. The smallest absolute Gasteiger partial charge is 0.286 e. The summed E-state index contributed by atoms with van der Waals surface area (Å²) in [7, 11) is -3.82. The van der Waals surface area contributed by atoms with Gasteiger partial charge in [-0.3, -0.25) is 4.79 Å². The molecule has 1 amide bonds. The highest BCUT2D eigenvalue weighted by Gasteiger charge is 2.29. The molecule has 0 fully saturated rings. The minimum atomic E-state index is -3.82. The summed E-state index contributed by atoms with van der Waals surface area (Å²) in [6.07, 6.45) is 0.845. The number of anilines is 2. The number of nitrogens with one attached hydrogen (secondary N) is 1. The van der Waals surface area contributed by atoms with Gasteiger partial charge >= 0.3 is 0 Å². The van der Waals surface area contributed by atoms with Gasteiger partial charge in [0.05, 0.1) is 5.69 Å². The van der Waals surface area contributed by atoms with Crippen molar-refractivity contribution >= 4 is 49.1 Å². The summed E-state index contributed by atoms with van der Waals surface area (Å²) >= 11 is 3.35. The zero-order valence-electron chi connectivity index (χ0n) is 14.4. The zero-order valence-corrected chi connectivity index (χ0v) is 16.8. The van der Waals surface area contributed by atoms with Crippen LogP contribution < -0.4 is 10.2 Å². The first kappa shape index (κ1) is 18.6. The molecular weight excluding hydrogens is 418 g/mol. The fourth-order valence-electron chi connectivity index (χ4n) is 2.81. The Morgan fingerprint density at radius 3 is 2.69 bits per heavy atom. The molecule has 0 aromatic heterocycles. The number of hydrogen-bond acceptors (Lipinski definition) is 4. The molecule has 0 atom stereocenters. The van der Waals surface area contributed by atoms with E-state index >= 15 is 0 Å². The molecular formula is C18H18BrN3O3S. The van der Waals surface area contributed by atoms with Gasteiger partial charge in [0.15, 0.2) is 0 Å². The van der Waals surface area contributed by atoms with Crippen LogP contribution >= 0.6 is 15.9 Å². The molecule has 0 bridgehead atoms. The highest BCUT2D eigenvalue weighted by molar-refractivity contribution is 9.10. The minimum absolute atomic E-state index is 0.0541. The molecule has 3 rings (SSSR count). The average molecular weight is 436 g/mol. The van der Waals surface area contributed by atoms with Crippen molar-refractivity contribution in [2.24, 2.45) is 4.40 Å². The summed E-state index contributed by atoms with van der Waals surface area (Å²) in [5, 5.41) is 2.77. The molecule has 0 aliphatic carbocycles. The second-order valence-electron chi connectivity index (χ2n) is 5.91. The van der Waals surface area contributed by atoms with Gasteiger partial charge < -0.3 is 10.2 Å². The van der Waals surface area contributed by atoms with E-state index in [1.165, 1.54) is 6.07 Å². The number of carbonyl (C=O) groups excluding carboxylic acids is 1.